The average Bonchev–Trinajstić information content (AvgIpc) is 2.25. The van der Waals surface area contributed by atoms with Crippen molar-refractivity contribution in [1.82, 2.24) is 5.32 Å². The Labute approximate surface area is 109 Å². The normalized spacial score (nSPS) is 11.6. The number of nitrogens with one attached hydrogen (secondary N) is 1. The summed E-state index contributed by atoms with van der Waals surface area (Å²) in [5, 5.41) is 12.3. The van der Waals surface area contributed by atoms with E-state index < -0.39 is 11.4 Å². The number of hydrogen-bond donors (Lipinski definition) is 2. The maximum atomic E-state index is 11.0. The summed E-state index contributed by atoms with van der Waals surface area (Å²) in [6.45, 7) is 10.9. The molecule has 0 saturated carbocycles. The van der Waals surface area contributed by atoms with Crippen LogP contribution in [0.2, 0.25) is 0 Å². The average molecular weight is 249 g/mol. The molecule has 0 amide bonds. The summed E-state index contributed by atoms with van der Waals surface area (Å²) in [7, 11) is 0. The van der Waals surface area contributed by atoms with E-state index in [0.717, 1.165) is 0 Å². The molecule has 0 heterocycles. The third kappa shape index (κ3) is 3.57. The van der Waals surface area contributed by atoms with Crippen LogP contribution in [0.5, 0.6) is 0 Å². The second-order valence-electron chi connectivity index (χ2n) is 5.66. The van der Waals surface area contributed by atoms with Crippen LogP contribution in [0.25, 0.3) is 0 Å². The fourth-order valence-electron chi connectivity index (χ4n) is 1.80. The highest BCUT2D eigenvalue weighted by atomic mass is 16.4. The molecule has 3 heteroatoms. The standard InChI is InChI=1S/C15H23NO2/c1-10-6-12(3)13(7-11(10)2)8-16-9-15(4,5)14(17)18/h6-7,16H,8-9H2,1-5H3,(H,17,18). The van der Waals surface area contributed by atoms with E-state index in [2.05, 4.69) is 38.2 Å². The lowest BCUT2D eigenvalue weighted by atomic mass is 9.93. The van der Waals surface area contributed by atoms with Gasteiger partial charge in [-0.2, -0.15) is 0 Å². The van der Waals surface area contributed by atoms with Gasteiger partial charge in [-0.3, -0.25) is 4.79 Å². The minimum Gasteiger partial charge on any atom is -0.481 e. The second kappa shape index (κ2) is 5.53. The van der Waals surface area contributed by atoms with E-state index in [0.29, 0.717) is 13.1 Å². The molecule has 1 aromatic rings. The van der Waals surface area contributed by atoms with E-state index in [1.807, 2.05) is 0 Å². The zero-order valence-electron chi connectivity index (χ0n) is 11.9. The van der Waals surface area contributed by atoms with Gasteiger partial charge in [0.15, 0.2) is 0 Å². The van der Waals surface area contributed by atoms with Gasteiger partial charge in [-0.15, -0.1) is 0 Å². The van der Waals surface area contributed by atoms with Crippen LogP contribution in [-0.2, 0) is 11.3 Å². The van der Waals surface area contributed by atoms with Crippen LogP contribution in [0.15, 0.2) is 12.1 Å². The lowest BCUT2D eigenvalue weighted by Crippen LogP contribution is -2.35. The Kier molecular flexibility index (Phi) is 4.52. The van der Waals surface area contributed by atoms with Crippen molar-refractivity contribution in [3.63, 3.8) is 0 Å². The molecule has 0 spiro atoms. The molecule has 3 nitrogen and oxygen atoms in total. The largest absolute Gasteiger partial charge is 0.481 e. The summed E-state index contributed by atoms with van der Waals surface area (Å²) in [6, 6.07) is 4.35. The number of carbonyl (C=O) groups is 1. The van der Waals surface area contributed by atoms with Crippen molar-refractivity contribution in [3.05, 3.63) is 34.4 Å². The summed E-state index contributed by atoms with van der Waals surface area (Å²) in [5.74, 6) is -0.771. The van der Waals surface area contributed by atoms with Crippen LogP contribution in [0.3, 0.4) is 0 Å². The highest BCUT2D eigenvalue weighted by molar-refractivity contribution is 5.73. The van der Waals surface area contributed by atoms with Crippen molar-refractivity contribution in [3.8, 4) is 0 Å². The van der Waals surface area contributed by atoms with Crippen molar-refractivity contribution >= 4 is 5.97 Å². The predicted molar refractivity (Wildman–Crippen MR) is 73.8 cm³/mol. The molecule has 0 aliphatic rings. The monoisotopic (exact) mass is 249 g/mol. The van der Waals surface area contributed by atoms with E-state index in [-0.39, 0.29) is 0 Å². The third-order valence-electron chi connectivity index (χ3n) is 3.41. The fraction of sp³-hybridized carbons (Fsp3) is 0.533. The van der Waals surface area contributed by atoms with E-state index >= 15 is 0 Å². The molecule has 0 aliphatic carbocycles. The molecule has 2 N–H and O–H groups in total. The maximum absolute atomic E-state index is 11.0. The first kappa shape index (κ1) is 14.7. The van der Waals surface area contributed by atoms with Crippen molar-refractivity contribution < 1.29 is 9.90 Å². The first-order valence-corrected chi connectivity index (χ1v) is 6.25. The lowest BCUT2D eigenvalue weighted by Gasteiger charge is -2.20. The highest BCUT2D eigenvalue weighted by Gasteiger charge is 2.26. The number of aryl methyl sites for hydroxylation is 3. The van der Waals surface area contributed by atoms with Gasteiger partial charge in [-0.1, -0.05) is 12.1 Å². The summed E-state index contributed by atoms with van der Waals surface area (Å²) in [5.41, 5.74) is 4.32. The summed E-state index contributed by atoms with van der Waals surface area (Å²) in [4.78, 5) is 11.0. The Balaban J connectivity index is 2.65. The number of benzene rings is 1. The summed E-state index contributed by atoms with van der Waals surface area (Å²) < 4.78 is 0. The topological polar surface area (TPSA) is 49.3 Å². The minimum absolute atomic E-state index is 0.467. The molecule has 1 rings (SSSR count). The lowest BCUT2D eigenvalue weighted by molar-refractivity contribution is -0.146. The quantitative estimate of drug-likeness (QED) is 0.843. The van der Waals surface area contributed by atoms with Crippen molar-refractivity contribution in [1.29, 1.82) is 0 Å². The van der Waals surface area contributed by atoms with Gasteiger partial charge in [0, 0.05) is 13.1 Å². The molecule has 100 valence electrons. The van der Waals surface area contributed by atoms with Crippen molar-refractivity contribution in [2.24, 2.45) is 5.41 Å². The number of carboxylic acid groups (broad SMARTS) is 1. The van der Waals surface area contributed by atoms with E-state index in [1.54, 1.807) is 13.8 Å². The van der Waals surface area contributed by atoms with Gasteiger partial charge in [0.1, 0.15) is 0 Å². The Morgan fingerprint density at radius 2 is 1.72 bits per heavy atom. The second-order valence-corrected chi connectivity index (χ2v) is 5.66. The fourth-order valence-corrected chi connectivity index (χ4v) is 1.80. The van der Waals surface area contributed by atoms with Gasteiger partial charge in [-0.05, 0) is 56.9 Å². The molecule has 0 atom stereocenters. The molecule has 0 aliphatic heterocycles. The van der Waals surface area contributed by atoms with Crippen molar-refractivity contribution in [2.75, 3.05) is 6.54 Å². The summed E-state index contributed by atoms with van der Waals surface area (Å²) in [6.07, 6.45) is 0. The highest BCUT2D eigenvalue weighted by Crippen LogP contribution is 2.17. The maximum Gasteiger partial charge on any atom is 0.310 e. The van der Waals surface area contributed by atoms with Crippen LogP contribution in [0, 0.1) is 26.2 Å². The first-order valence-electron chi connectivity index (χ1n) is 6.25. The molecule has 0 unspecified atom stereocenters. The van der Waals surface area contributed by atoms with Crippen LogP contribution in [-0.4, -0.2) is 17.6 Å². The molecule has 18 heavy (non-hydrogen) atoms. The number of hydrogen-bond acceptors (Lipinski definition) is 2. The Morgan fingerprint density at radius 3 is 2.28 bits per heavy atom. The Hall–Kier alpha value is -1.35. The molecule has 0 fully saturated rings. The van der Waals surface area contributed by atoms with Gasteiger partial charge < -0.3 is 10.4 Å². The number of carboxylic acids is 1. The van der Waals surface area contributed by atoms with Crippen LogP contribution < -0.4 is 5.32 Å². The van der Waals surface area contributed by atoms with Gasteiger partial charge in [0.2, 0.25) is 0 Å². The summed E-state index contributed by atoms with van der Waals surface area (Å²) >= 11 is 0. The van der Waals surface area contributed by atoms with E-state index in [1.165, 1.54) is 22.3 Å². The SMILES string of the molecule is Cc1cc(C)c(CNCC(C)(C)C(=O)O)cc1C. The van der Waals surface area contributed by atoms with Gasteiger partial charge in [-0.25, -0.2) is 0 Å². The van der Waals surface area contributed by atoms with Crippen molar-refractivity contribution in [2.45, 2.75) is 41.2 Å². The van der Waals surface area contributed by atoms with Gasteiger partial charge in [0.05, 0.1) is 5.41 Å². The van der Waals surface area contributed by atoms with E-state index in [4.69, 9.17) is 5.11 Å². The predicted octanol–water partition coefficient (Wildman–Crippen LogP) is 2.81. The Morgan fingerprint density at radius 1 is 1.17 bits per heavy atom. The third-order valence-corrected chi connectivity index (χ3v) is 3.41. The van der Waals surface area contributed by atoms with Gasteiger partial charge in [0.25, 0.3) is 0 Å². The Bertz CT molecular complexity index is 450. The molecule has 0 saturated heterocycles. The number of aliphatic carboxylic acids is 1. The number of rotatable bonds is 5. The van der Waals surface area contributed by atoms with Crippen LogP contribution in [0.4, 0.5) is 0 Å². The molecular weight excluding hydrogens is 226 g/mol. The van der Waals surface area contributed by atoms with Crippen LogP contribution >= 0.6 is 0 Å². The van der Waals surface area contributed by atoms with Crippen LogP contribution in [0.1, 0.15) is 36.1 Å². The molecule has 1 aromatic carbocycles. The molecule has 0 bridgehead atoms. The molecule has 0 aromatic heterocycles. The van der Waals surface area contributed by atoms with Gasteiger partial charge >= 0.3 is 5.97 Å². The minimum atomic E-state index is -0.771. The smallest absolute Gasteiger partial charge is 0.310 e. The molecule has 0 radical (unpaired) electrons. The zero-order chi connectivity index (χ0) is 13.9. The first-order chi connectivity index (χ1) is 8.24. The van der Waals surface area contributed by atoms with E-state index in [9.17, 15) is 4.79 Å². The molecular formula is C15H23NO2. The zero-order valence-corrected chi connectivity index (χ0v) is 11.9.